The van der Waals surface area contributed by atoms with Crippen molar-refractivity contribution in [1.29, 1.82) is 0 Å². The lowest BCUT2D eigenvalue weighted by Gasteiger charge is -2.39. The number of nitrogens with zero attached hydrogens (tertiary/aromatic N) is 4. The summed E-state index contributed by atoms with van der Waals surface area (Å²) >= 11 is 0. The van der Waals surface area contributed by atoms with Gasteiger partial charge in [-0.05, 0) is 35.4 Å². The molecule has 0 saturated carbocycles. The zero-order valence-electron chi connectivity index (χ0n) is 17.9. The molecule has 2 aliphatic heterocycles. The van der Waals surface area contributed by atoms with Crippen molar-refractivity contribution in [1.82, 2.24) is 19.8 Å². The standard InChI is InChI=1S/C24H21N5O4/c1-33-17-5-2-15(3-6-17)16-4-7-19-18(12-16)23(31)29-11-10-28(14-21(29)22(30)27-19)24(32)20-13-25-8-9-26-20/h2-9,12-13,21H,10-11,14H2,1H3,(H,27,30)/t21-/m0/s1. The molecule has 0 bridgehead atoms. The molecule has 166 valence electrons. The van der Waals surface area contributed by atoms with Gasteiger partial charge in [0.2, 0.25) is 5.91 Å². The molecule has 1 saturated heterocycles. The number of amides is 3. The quantitative estimate of drug-likeness (QED) is 0.665. The number of benzene rings is 2. The number of carbonyl (C=O) groups is 3. The molecule has 1 aromatic heterocycles. The van der Waals surface area contributed by atoms with Crippen molar-refractivity contribution >= 4 is 23.4 Å². The van der Waals surface area contributed by atoms with Gasteiger partial charge in [0.25, 0.3) is 11.8 Å². The first-order valence-corrected chi connectivity index (χ1v) is 10.5. The first-order chi connectivity index (χ1) is 16.0. The molecule has 1 fully saturated rings. The third-order valence-corrected chi connectivity index (χ3v) is 5.94. The summed E-state index contributed by atoms with van der Waals surface area (Å²) in [6.07, 6.45) is 4.33. The maximum atomic E-state index is 13.4. The van der Waals surface area contributed by atoms with Gasteiger partial charge in [0.15, 0.2) is 0 Å². The van der Waals surface area contributed by atoms with Crippen LogP contribution in [0.5, 0.6) is 5.75 Å². The fourth-order valence-electron chi connectivity index (χ4n) is 4.17. The third-order valence-electron chi connectivity index (χ3n) is 5.94. The van der Waals surface area contributed by atoms with Gasteiger partial charge in [-0.1, -0.05) is 18.2 Å². The van der Waals surface area contributed by atoms with Crippen LogP contribution >= 0.6 is 0 Å². The number of rotatable bonds is 3. The van der Waals surface area contributed by atoms with Crippen LogP contribution in [0.1, 0.15) is 20.8 Å². The monoisotopic (exact) mass is 443 g/mol. The van der Waals surface area contributed by atoms with E-state index in [9.17, 15) is 14.4 Å². The smallest absolute Gasteiger partial charge is 0.274 e. The number of hydrogen-bond acceptors (Lipinski definition) is 6. The average molecular weight is 443 g/mol. The van der Waals surface area contributed by atoms with Crippen LogP contribution in [0.15, 0.2) is 61.1 Å². The van der Waals surface area contributed by atoms with Gasteiger partial charge in [-0.25, -0.2) is 4.98 Å². The Morgan fingerprint density at radius 2 is 1.85 bits per heavy atom. The average Bonchev–Trinajstić information content (AvgIpc) is 2.98. The van der Waals surface area contributed by atoms with Crippen molar-refractivity contribution in [3.8, 4) is 16.9 Å². The second kappa shape index (κ2) is 8.34. The Hall–Kier alpha value is -4.27. The first-order valence-electron chi connectivity index (χ1n) is 10.5. The van der Waals surface area contributed by atoms with Crippen LogP contribution in [-0.4, -0.2) is 70.3 Å². The Labute approximate surface area is 190 Å². The van der Waals surface area contributed by atoms with E-state index >= 15 is 0 Å². The van der Waals surface area contributed by atoms with E-state index in [2.05, 4.69) is 15.3 Å². The van der Waals surface area contributed by atoms with E-state index in [-0.39, 0.29) is 36.5 Å². The van der Waals surface area contributed by atoms with Gasteiger partial charge < -0.3 is 19.9 Å². The minimum atomic E-state index is -0.788. The zero-order chi connectivity index (χ0) is 22.9. The minimum absolute atomic E-state index is 0.0896. The molecule has 9 heteroatoms. The van der Waals surface area contributed by atoms with E-state index in [1.165, 1.54) is 23.5 Å². The van der Waals surface area contributed by atoms with Crippen LogP contribution in [0.25, 0.3) is 11.1 Å². The van der Waals surface area contributed by atoms with Crippen molar-refractivity contribution in [3.63, 3.8) is 0 Å². The summed E-state index contributed by atoms with van der Waals surface area (Å²) in [5.41, 5.74) is 2.88. The first kappa shape index (κ1) is 20.6. The van der Waals surface area contributed by atoms with Gasteiger partial charge in [0, 0.05) is 25.5 Å². The molecule has 2 aromatic carbocycles. The molecule has 0 spiro atoms. The molecule has 0 radical (unpaired) electrons. The second-order valence-corrected chi connectivity index (χ2v) is 7.83. The van der Waals surface area contributed by atoms with Gasteiger partial charge in [-0.15, -0.1) is 0 Å². The number of aromatic nitrogens is 2. The summed E-state index contributed by atoms with van der Waals surface area (Å²) < 4.78 is 5.21. The lowest BCUT2D eigenvalue weighted by molar-refractivity contribution is -0.121. The van der Waals surface area contributed by atoms with Gasteiger partial charge in [0.1, 0.15) is 17.5 Å². The molecule has 3 amide bonds. The Bertz CT molecular complexity index is 1230. The summed E-state index contributed by atoms with van der Waals surface area (Å²) in [6, 6.07) is 12.2. The number of ether oxygens (including phenoxy) is 1. The third kappa shape index (κ3) is 3.78. The number of carbonyl (C=O) groups excluding carboxylic acids is 3. The molecular weight excluding hydrogens is 422 g/mol. The van der Waals surface area contributed by atoms with Gasteiger partial charge >= 0.3 is 0 Å². The van der Waals surface area contributed by atoms with E-state index in [1.54, 1.807) is 24.1 Å². The highest BCUT2D eigenvalue weighted by Crippen LogP contribution is 2.31. The summed E-state index contributed by atoms with van der Waals surface area (Å²) in [5.74, 6) is -0.133. The molecule has 3 aromatic rings. The van der Waals surface area contributed by atoms with E-state index < -0.39 is 6.04 Å². The summed E-state index contributed by atoms with van der Waals surface area (Å²) in [4.78, 5) is 50.3. The highest BCUT2D eigenvalue weighted by Gasteiger charge is 2.40. The highest BCUT2D eigenvalue weighted by atomic mass is 16.5. The lowest BCUT2D eigenvalue weighted by Crippen LogP contribution is -2.59. The maximum absolute atomic E-state index is 13.4. The van der Waals surface area contributed by atoms with Crippen LogP contribution in [0, 0.1) is 0 Å². The Morgan fingerprint density at radius 3 is 2.58 bits per heavy atom. The topological polar surface area (TPSA) is 105 Å². The molecule has 1 N–H and O–H groups in total. The summed E-state index contributed by atoms with van der Waals surface area (Å²) in [5, 5.41) is 2.86. The minimum Gasteiger partial charge on any atom is -0.497 e. The Balaban J connectivity index is 1.42. The van der Waals surface area contributed by atoms with Crippen molar-refractivity contribution in [2.45, 2.75) is 6.04 Å². The predicted octanol–water partition coefficient (Wildman–Crippen LogP) is 2.07. The molecule has 1 atom stereocenters. The molecule has 5 rings (SSSR count). The SMILES string of the molecule is COc1ccc(-c2ccc3c(c2)C(=O)N2CCN(C(=O)c4cnccn4)C[C@H]2C(=O)N3)cc1. The Kier molecular flexibility index (Phi) is 5.21. The van der Waals surface area contributed by atoms with Gasteiger partial charge in [-0.3, -0.25) is 19.4 Å². The molecule has 0 unspecified atom stereocenters. The van der Waals surface area contributed by atoms with Gasteiger partial charge in [0.05, 0.1) is 31.1 Å². The lowest BCUT2D eigenvalue weighted by atomic mass is 10.0. The summed E-state index contributed by atoms with van der Waals surface area (Å²) in [6.45, 7) is 0.639. The van der Waals surface area contributed by atoms with Crippen LogP contribution in [0.3, 0.4) is 0 Å². The van der Waals surface area contributed by atoms with E-state index in [4.69, 9.17) is 4.74 Å². The largest absolute Gasteiger partial charge is 0.497 e. The number of anilines is 1. The highest BCUT2D eigenvalue weighted by molar-refractivity contribution is 6.11. The van der Waals surface area contributed by atoms with Crippen molar-refractivity contribution in [2.24, 2.45) is 0 Å². The predicted molar refractivity (Wildman–Crippen MR) is 120 cm³/mol. The Morgan fingerprint density at radius 1 is 1.06 bits per heavy atom. The summed E-state index contributed by atoms with van der Waals surface area (Å²) in [7, 11) is 1.61. The van der Waals surface area contributed by atoms with Gasteiger partial charge in [-0.2, -0.15) is 0 Å². The number of nitrogens with one attached hydrogen (secondary N) is 1. The van der Waals surface area contributed by atoms with Crippen LogP contribution in [0.2, 0.25) is 0 Å². The number of piperazine rings is 1. The molecule has 3 heterocycles. The zero-order valence-corrected chi connectivity index (χ0v) is 17.9. The fraction of sp³-hybridized carbons (Fsp3) is 0.208. The molecule has 9 nitrogen and oxygen atoms in total. The van der Waals surface area contributed by atoms with Crippen molar-refractivity contribution in [2.75, 3.05) is 32.1 Å². The number of hydrogen-bond donors (Lipinski definition) is 1. The van der Waals surface area contributed by atoms with E-state index in [1.807, 2.05) is 30.3 Å². The van der Waals surface area contributed by atoms with E-state index in [0.717, 1.165) is 16.9 Å². The van der Waals surface area contributed by atoms with Crippen molar-refractivity contribution < 1.29 is 19.1 Å². The second-order valence-electron chi connectivity index (χ2n) is 7.83. The van der Waals surface area contributed by atoms with Crippen LogP contribution in [-0.2, 0) is 4.79 Å². The molecular formula is C24H21N5O4. The van der Waals surface area contributed by atoms with Crippen LogP contribution in [0.4, 0.5) is 5.69 Å². The number of fused-ring (bicyclic) bond motifs is 2. The fourth-order valence-corrected chi connectivity index (χ4v) is 4.17. The van der Waals surface area contributed by atoms with Crippen LogP contribution < -0.4 is 10.1 Å². The number of methoxy groups -OCH3 is 1. The maximum Gasteiger partial charge on any atom is 0.274 e. The molecule has 0 aliphatic carbocycles. The molecule has 2 aliphatic rings. The van der Waals surface area contributed by atoms with E-state index in [0.29, 0.717) is 17.8 Å². The van der Waals surface area contributed by atoms with Crippen molar-refractivity contribution in [3.05, 3.63) is 72.3 Å². The molecule has 33 heavy (non-hydrogen) atoms. The normalized spacial score (nSPS) is 17.5.